The second kappa shape index (κ2) is 5.43. The van der Waals surface area contributed by atoms with E-state index in [0.29, 0.717) is 6.10 Å². The lowest BCUT2D eigenvalue weighted by molar-refractivity contribution is 0.00915. The fourth-order valence-electron chi connectivity index (χ4n) is 2.30. The number of hydrogen-bond donors (Lipinski definition) is 0. The lowest BCUT2D eigenvalue weighted by Gasteiger charge is -2.42. The Labute approximate surface area is 111 Å². The van der Waals surface area contributed by atoms with Crippen LogP contribution in [0.2, 0.25) is 19.6 Å². The molecule has 0 unspecified atom stereocenters. The molecule has 3 nitrogen and oxygen atoms in total. The highest BCUT2D eigenvalue weighted by Gasteiger charge is 2.31. The SMILES string of the molecule is COc1ccccc1CN1CC(O[Si](C)(C)C)C1. The van der Waals surface area contributed by atoms with Crippen molar-refractivity contribution in [3.05, 3.63) is 29.8 Å². The molecule has 4 heteroatoms. The number of hydrogen-bond acceptors (Lipinski definition) is 3. The maximum Gasteiger partial charge on any atom is 0.184 e. The molecule has 1 aromatic carbocycles. The number of methoxy groups -OCH3 is 1. The normalized spacial score (nSPS) is 17.6. The fraction of sp³-hybridized carbons (Fsp3) is 0.571. The van der Waals surface area contributed by atoms with Crippen molar-refractivity contribution in [2.24, 2.45) is 0 Å². The first-order valence-corrected chi connectivity index (χ1v) is 9.91. The van der Waals surface area contributed by atoms with E-state index < -0.39 is 8.32 Å². The molecule has 0 saturated carbocycles. The number of nitrogens with zero attached hydrogens (tertiary/aromatic N) is 1. The summed E-state index contributed by atoms with van der Waals surface area (Å²) >= 11 is 0. The number of ether oxygens (including phenoxy) is 1. The summed E-state index contributed by atoms with van der Waals surface area (Å²) in [6, 6.07) is 8.22. The van der Waals surface area contributed by atoms with E-state index in [9.17, 15) is 0 Å². The minimum absolute atomic E-state index is 0.436. The summed E-state index contributed by atoms with van der Waals surface area (Å²) < 4.78 is 11.4. The van der Waals surface area contributed by atoms with Gasteiger partial charge < -0.3 is 9.16 Å². The Bertz CT molecular complexity index is 397. The molecule has 2 rings (SSSR count). The Hall–Kier alpha value is -0.843. The Morgan fingerprint density at radius 2 is 1.89 bits per heavy atom. The van der Waals surface area contributed by atoms with E-state index in [0.717, 1.165) is 25.4 Å². The lowest BCUT2D eigenvalue weighted by atomic mass is 10.1. The minimum atomic E-state index is -1.38. The van der Waals surface area contributed by atoms with Gasteiger partial charge in [-0.05, 0) is 25.7 Å². The first-order chi connectivity index (χ1) is 8.48. The van der Waals surface area contributed by atoms with Crippen molar-refractivity contribution in [1.29, 1.82) is 0 Å². The van der Waals surface area contributed by atoms with Crippen LogP contribution in [-0.4, -0.2) is 39.5 Å². The van der Waals surface area contributed by atoms with Crippen LogP contribution in [0.1, 0.15) is 5.56 Å². The van der Waals surface area contributed by atoms with E-state index in [4.69, 9.17) is 9.16 Å². The van der Waals surface area contributed by atoms with Gasteiger partial charge in [-0.25, -0.2) is 0 Å². The second-order valence-corrected chi connectivity index (χ2v) is 10.3. The van der Waals surface area contributed by atoms with Gasteiger partial charge >= 0.3 is 0 Å². The molecule has 0 N–H and O–H groups in total. The van der Waals surface area contributed by atoms with Crippen LogP contribution in [0.4, 0.5) is 0 Å². The number of likely N-dealkylation sites (tertiary alicyclic amines) is 1. The van der Waals surface area contributed by atoms with Gasteiger partial charge in [0.2, 0.25) is 0 Å². The van der Waals surface area contributed by atoms with Gasteiger partial charge in [0.15, 0.2) is 8.32 Å². The Morgan fingerprint density at radius 1 is 1.22 bits per heavy atom. The molecule has 1 aliphatic heterocycles. The molecule has 0 atom stereocenters. The molecule has 0 aliphatic carbocycles. The van der Waals surface area contributed by atoms with Gasteiger partial charge in [0.25, 0.3) is 0 Å². The molecule has 18 heavy (non-hydrogen) atoms. The summed E-state index contributed by atoms with van der Waals surface area (Å²) in [5.41, 5.74) is 1.26. The highest BCUT2D eigenvalue weighted by atomic mass is 28.4. The fourth-order valence-corrected chi connectivity index (χ4v) is 3.45. The molecule has 0 spiro atoms. The van der Waals surface area contributed by atoms with E-state index in [-0.39, 0.29) is 0 Å². The van der Waals surface area contributed by atoms with Gasteiger partial charge in [-0.2, -0.15) is 0 Å². The molecular formula is C14H23NO2Si. The van der Waals surface area contributed by atoms with Gasteiger partial charge in [0.05, 0.1) is 13.2 Å². The first-order valence-electron chi connectivity index (χ1n) is 6.50. The Morgan fingerprint density at radius 3 is 2.50 bits per heavy atom. The summed E-state index contributed by atoms with van der Waals surface area (Å²) in [6.45, 7) is 9.78. The van der Waals surface area contributed by atoms with Crippen molar-refractivity contribution in [3.63, 3.8) is 0 Å². The van der Waals surface area contributed by atoms with Crippen molar-refractivity contribution in [2.45, 2.75) is 32.3 Å². The van der Waals surface area contributed by atoms with Crippen LogP contribution in [0.25, 0.3) is 0 Å². The predicted octanol–water partition coefficient (Wildman–Crippen LogP) is 2.73. The summed E-state index contributed by atoms with van der Waals surface area (Å²) in [5, 5.41) is 0. The highest BCUT2D eigenvalue weighted by molar-refractivity contribution is 6.69. The summed E-state index contributed by atoms with van der Waals surface area (Å²) in [5.74, 6) is 0.979. The van der Waals surface area contributed by atoms with Gasteiger partial charge in [-0.15, -0.1) is 0 Å². The quantitative estimate of drug-likeness (QED) is 0.764. The van der Waals surface area contributed by atoms with Crippen LogP contribution in [0.3, 0.4) is 0 Å². The molecule has 0 radical (unpaired) electrons. The lowest BCUT2D eigenvalue weighted by Crippen LogP contribution is -2.54. The largest absolute Gasteiger partial charge is 0.496 e. The van der Waals surface area contributed by atoms with Crippen LogP contribution in [-0.2, 0) is 11.0 Å². The summed E-state index contributed by atoms with van der Waals surface area (Å²) in [7, 11) is 0.347. The Balaban J connectivity index is 1.83. The molecule has 1 aliphatic rings. The standard InChI is InChI=1S/C14H23NO2Si/c1-16-14-8-6-5-7-12(14)9-15-10-13(11-15)17-18(2,3)4/h5-8,13H,9-11H2,1-4H3. The first kappa shape index (κ1) is 13.6. The maximum absolute atomic E-state index is 6.06. The van der Waals surface area contributed by atoms with Crippen molar-refractivity contribution in [3.8, 4) is 5.75 Å². The number of para-hydroxylation sites is 1. The predicted molar refractivity (Wildman–Crippen MR) is 76.5 cm³/mol. The second-order valence-electron chi connectivity index (χ2n) is 5.86. The van der Waals surface area contributed by atoms with Crippen LogP contribution >= 0.6 is 0 Å². The van der Waals surface area contributed by atoms with Crippen molar-refractivity contribution < 1.29 is 9.16 Å². The smallest absolute Gasteiger partial charge is 0.184 e. The van der Waals surface area contributed by atoms with Crippen LogP contribution in [0.15, 0.2) is 24.3 Å². The molecule has 1 saturated heterocycles. The topological polar surface area (TPSA) is 21.7 Å². The third-order valence-corrected chi connectivity index (χ3v) is 4.07. The van der Waals surface area contributed by atoms with Gasteiger partial charge in [0.1, 0.15) is 5.75 Å². The highest BCUT2D eigenvalue weighted by Crippen LogP contribution is 2.24. The molecule has 0 bridgehead atoms. The van der Waals surface area contributed by atoms with Gasteiger partial charge in [0, 0.05) is 25.2 Å². The van der Waals surface area contributed by atoms with E-state index >= 15 is 0 Å². The molecule has 0 aromatic heterocycles. The van der Waals surface area contributed by atoms with Crippen LogP contribution < -0.4 is 4.74 Å². The Kier molecular flexibility index (Phi) is 4.09. The monoisotopic (exact) mass is 265 g/mol. The molecule has 1 fully saturated rings. The van der Waals surface area contributed by atoms with Crippen LogP contribution in [0.5, 0.6) is 5.75 Å². The van der Waals surface area contributed by atoms with Crippen molar-refractivity contribution in [1.82, 2.24) is 4.90 Å². The third-order valence-electron chi connectivity index (χ3n) is 3.03. The molecule has 1 aromatic rings. The van der Waals surface area contributed by atoms with E-state index in [1.807, 2.05) is 12.1 Å². The molecule has 100 valence electrons. The molecule has 0 amide bonds. The summed E-state index contributed by atoms with van der Waals surface area (Å²) in [6.07, 6.45) is 0.436. The summed E-state index contributed by atoms with van der Waals surface area (Å²) in [4.78, 5) is 2.41. The van der Waals surface area contributed by atoms with Gasteiger partial charge in [-0.3, -0.25) is 4.90 Å². The van der Waals surface area contributed by atoms with E-state index in [1.54, 1.807) is 7.11 Å². The number of benzene rings is 1. The minimum Gasteiger partial charge on any atom is -0.496 e. The average molecular weight is 265 g/mol. The zero-order valence-electron chi connectivity index (χ0n) is 11.8. The average Bonchev–Trinajstić information content (AvgIpc) is 2.25. The van der Waals surface area contributed by atoms with Crippen molar-refractivity contribution >= 4 is 8.32 Å². The van der Waals surface area contributed by atoms with Gasteiger partial charge in [-0.1, -0.05) is 18.2 Å². The molecular weight excluding hydrogens is 242 g/mol. The molecule has 1 heterocycles. The van der Waals surface area contributed by atoms with E-state index in [1.165, 1.54) is 5.56 Å². The third kappa shape index (κ3) is 3.57. The van der Waals surface area contributed by atoms with Crippen LogP contribution in [0, 0.1) is 0 Å². The van der Waals surface area contributed by atoms with Crippen molar-refractivity contribution in [2.75, 3.05) is 20.2 Å². The zero-order valence-corrected chi connectivity index (χ0v) is 12.8. The van der Waals surface area contributed by atoms with E-state index in [2.05, 4.69) is 36.7 Å². The zero-order chi connectivity index (χ0) is 13.2. The maximum atomic E-state index is 6.06. The number of rotatable bonds is 5.